The first-order chi connectivity index (χ1) is 10.8. The number of carbonyl (C=O) groups is 1. The van der Waals surface area contributed by atoms with Crippen molar-refractivity contribution in [2.75, 3.05) is 5.32 Å². The van der Waals surface area contributed by atoms with E-state index in [-0.39, 0.29) is 11.3 Å². The third kappa shape index (κ3) is 5.07. The third-order valence-corrected chi connectivity index (χ3v) is 4.24. The normalized spacial score (nSPS) is 11.7. The van der Waals surface area contributed by atoms with E-state index in [0.717, 1.165) is 21.3 Å². The van der Waals surface area contributed by atoms with Crippen LogP contribution in [0.2, 0.25) is 0 Å². The zero-order chi connectivity index (χ0) is 17.0. The van der Waals surface area contributed by atoms with Crippen LogP contribution in [0.15, 0.2) is 53.0 Å². The molecule has 0 aliphatic rings. The highest BCUT2D eigenvalue weighted by Gasteiger charge is 2.12. The summed E-state index contributed by atoms with van der Waals surface area (Å²) in [5.74, 6) is -0.144. The Morgan fingerprint density at radius 1 is 1.09 bits per heavy atom. The first kappa shape index (κ1) is 17.5. The van der Waals surface area contributed by atoms with Crippen molar-refractivity contribution in [1.29, 1.82) is 0 Å². The highest BCUT2D eigenvalue weighted by atomic mass is 79.9. The number of nitrogens with one attached hydrogen (secondary N) is 1. The van der Waals surface area contributed by atoms with Gasteiger partial charge in [0.25, 0.3) is 0 Å². The van der Waals surface area contributed by atoms with E-state index in [2.05, 4.69) is 54.2 Å². The van der Waals surface area contributed by atoms with E-state index in [1.807, 2.05) is 43.3 Å². The van der Waals surface area contributed by atoms with Gasteiger partial charge in [-0.1, -0.05) is 51.1 Å². The van der Waals surface area contributed by atoms with Gasteiger partial charge in [0.2, 0.25) is 5.91 Å². The van der Waals surface area contributed by atoms with Crippen molar-refractivity contribution < 1.29 is 4.79 Å². The number of hydrogen-bond acceptors (Lipinski definition) is 1. The molecule has 2 rings (SSSR count). The lowest BCUT2D eigenvalue weighted by atomic mass is 9.87. The third-order valence-electron chi connectivity index (χ3n) is 3.59. The molecule has 0 unspecified atom stereocenters. The molecular formula is C20H22BrNO. The van der Waals surface area contributed by atoms with Crippen LogP contribution in [0, 0.1) is 6.92 Å². The van der Waals surface area contributed by atoms with E-state index >= 15 is 0 Å². The summed E-state index contributed by atoms with van der Waals surface area (Å²) in [6.45, 7) is 8.57. The molecule has 0 aliphatic carbocycles. The predicted octanol–water partition coefficient (Wildman–Crippen LogP) is 5.71. The van der Waals surface area contributed by atoms with E-state index in [1.54, 1.807) is 6.08 Å². The second kappa shape index (κ2) is 7.14. The van der Waals surface area contributed by atoms with Crippen LogP contribution in [0.3, 0.4) is 0 Å². The molecule has 0 saturated heterocycles. The molecule has 0 heterocycles. The number of hydrogen-bond donors (Lipinski definition) is 1. The lowest BCUT2D eigenvalue weighted by Gasteiger charge is -2.18. The highest BCUT2D eigenvalue weighted by molar-refractivity contribution is 9.10. The summed E-state index contributed by atoms with van der Waals surface area (Å²) < 4.78 is 0.883. The van der Waals surface area contributed by atoms with E-state index < -0.39 is 0 Å². The summed E-state index contributed by atoms with van der Waals surface area (Å²) in [5, 5.41) is 2.87. The molecule has 0 aliphatic heterocycles. The number of halogens is 1. The average molecular weight is 372 g/mol. The van der Waals surface area contributed by atoms with Gasteiger partial charge in [-0.3, -0.25) is 4.79 Å². The molecule has 23 heavy (non-hydrogen) atoms. The van der Waals surface area contributed by atoms with Crippen molar-refractivity contribution in [2.45, 2.75) is 33.1 Å². The second-order valence-electron chi connectivity index (χ2n) is 6.68. The molecule has 0 saturated carbocycles. The van der Waals surface area contributed by atoms with Crippen molar-refractivity contribution in [1.82, 2.24) is 0 Å². The molecule has 0 radical (unpaired) electrons. The Kier molecular flexibility index (Phi) is 5.42. The molecule has 120 valence electrons. The molecule has 0 spiro atoms. The van der Waals surface area contributed by atoms with Crippen LogP contribution in [-0.2, 0) is 10.2 Å². The van der Waals surface area contributed by atoms with Crippen molar-refractivity contribution in [3.63, 3.8) is 0 Å². The van der Waals surface area contributed by atoms with E-state index in [1.165, 1.54) is 5.56 Å². The Balaban J connectivity index is 2.03. The molecule has 2 aromatic carbocycles. The Labute approximate surface area is 146 Å². The Morgan fingerprint density at radius 3 is 2.30 bits per heavy atom. The minimum absolute atomic E-state index is 0.136. The summed E-state index contributed by atoms with van der Waals surface area (Å²) in [6, 6.07) is 14.1. The fourth-order valence-corrected chi connectivity index (χ4v) is 2.75. The first-order valence-electron chi connectivity index (χ1n) is 7.61. The van der Waals surface area contributed by atoms with Gasteiger partial charge in [0, 0.05) is 10.5 Å². The van der Waals surface area contributed by atoms with Gasteiger partial charge in [-0.15, -0.1) is 0 Å². The van der Waals surface area contributed by atoms with Crippen LogP contribution in [0.1, 0.15) is 37.5 Å². The molecule has 2 nitrogen and oxygen atoms in total. The topological polar surface area (TPSA) is 29.1 Å². The second-order valence-corrected chi connectivity index (χ2v) is 7.53. The standard InChI is InChI=1S/C20H22BrNO/c1-14-5-11-18(17(21)13-14)22-19(23)12-8-15-6-9-16(10-7-15)20(2,3)4/h5-13H,1-4H3,(H,22,23)/b12-8-. The van der Waals surface area contributed by atoms with Crippen molar-refractivity contribution in [3.05, 3.63) is 69.7 Å². The minimum Gasteiger partial charge on any atom is -0.321 e. The van der Waals surface area contributed by atoms with Gasteiger partial charge in [-0.05, 0) is 63.2 Å². The average Bonchev–Trinajstić information content (AvgIpc) is 2.47. The SMILES string of the molecule is Cc1ccc(NC(=O)/C=C\c2ccc(C(C)(C)C)cc2)c(Br)c1. The Morgan fingerprint density at radius 2 is 1.74 bits per heavy atom. The zero-order valence-electron chi connectivity index (χ0n) is 14.0. The maximum Gasteiger partial charge on any atom is 0.248 e. The number of carbonyl (C=O) groups excluding carboxylic acids is 1. The molecule has 0 atom stereocenters. The van der Waals surface area contributed by atoms with Gasteiger partial charge in [0.05, 0.1) is 5.69 Å². The van der Waals surface area contributed by atoms with Crippen LogP contribution in [-0.4, -0.2) is 5.91 Å². The predicted molar refractivity (Wildman–Crippen MR) is 102 cm³/mol. The number of aryl methyl sites for hydroxylation is 1. The molecule has 0 fully saturated rings. The van der Waals surface area contributed by atoms with Crippen LogP contribution < -0.4 is 5.32 Å². The lowest BCUT2D eigenvalue weighted by Crippen LogP contribution is -2.10. The number of anilines is 1. The van der Waals surface area contributed by atoms with Gasteiger partial charge in [0.15, 0.2) is 0 Å². The number of amides is 1. The maximum atomic E-state index is 12.0. The smallest absolute Gasteiger partial charge is 0.248 e. The van der Waals surface area contributed by atoms with E-state index in [4.69, 9.17) is 0 Å². The fraction of sp³-hybridized carbons (Fsp3) is 0.250. The first-order valence-corrected chi connectivity index (χ1v) is 8.41. The summed E-state index contributed by atoms with van der Waals surface area (Å²) in [5.41, 5.74) is 4.34. The Hall–Kier alpha value is -1.87. The molecule has 1 amide bonds. The Bertz CT molecular complexity index is 724. The highest BCUT2D eigenvalue weighted by Crippen LogP contribution is 2.24. The maximum absolute atomic E-state index is 12.0. The number of benzene rings is 2. The molecule has 3 heteroatoms. The van der Waals surface area contributed by atoms with Gasteiger partial charge in [-0.2, -0.15) is 0 Å². The van der Waals surface area contributed by atoms with Crippen molar-refractivity contribution in [2.24, 2.45) is 0 Å². The van der Waals surface area contributed by atoms with Gasteiger partial charge in [-0.25, -0.2) is 0 Å². The largest absolute Gasteiger partial charge is 0.321 e. The van der Waals surface area contributed by atoms with Crippen molar-refractivity contribution >= 4 is 33.6 Å². The van der Waals surface area contributed by atoms with E-state index in [9.17, 15) is 4.79 Å². The molecule has 0 aromatic heterocycles. The molecule has 0 bridgehead atoms. The zero-order valence-corrected chi connectivity index (χ0v) is 15.6. The molecular weight excluding hydrogens is 350 g/mol. The van der Waals surface area contributed by atoms with Gasteiger partial charge < -0.3 is 5.32 Å². The molecule has 1 N–H and O–H groups in total. The quantitative estimate of drug-likeness (QED) is 0.688. The van der Waals surface area contributed by atoms with Crippen LogP contribution in [0.25, 0.3) is 6.08 Å². The summed E-state index contributed by atoms with van der Waals surface area (Å²) in [6.07, 6.45) is 3.38. The van der Waals surface area contributed by atoms with Crippen LogP contribution >= 0.6 is 15.9 Å². The van der Waals surface area contributed by atoms with Crippen molar-refractivity contribution in [3.8, 4) is 0 Å². The molecule has 2 aromatic rings. The monoisotopic (exact) mass is 371 g/mol. The number of rotatable bonds is 3. The lowest BCUT2D eigenvalue weighted by molar-refractivity contribution is -0.111. The summed E-state index contributed by atoms with van der Waals surface area (Å²) in [7, 11) is 0. The van der Waals surface area contributed by atoms with Crippen LogP contribution in [0.5, 0.6) is 0 Å². The van der Waals surface area contributed by atoms with Gasteiger partial charge >= 0.3 is 0 Å². The summed E-state index contributed by atoms with van der Waals surface area (Å²) >= 11 is 3.46. The minimum atomic E-state index is -0.144. The van der Waals surface area contributed by atoms with Gasteiger partial charge in [0.1, 0.15) is 0 Å². The summed E-state index contributed by atoms with van der Waals surface area (Å²) in [4.78, 5) is 12.0. The van der Waals surface area contributed by atoms with E-state index in [0.29, 0.717) is 0 Å². The van der Waals surface area contributed by atoms with Crippen LogP contribution in [0.4, 0.5) is 5.69 Å². The fourth-order valence-electron chi connectivity index (χ4n) is 2.16.